The smallest absolute Gasteiger partial charge is 0.407 e. The van der Waals surface area contributed by atoms with Gasteiger partial charge in [0.2, 0.25) is 0 Å². The molecule has 0 radical (unpaired) electrons. The summed E-state index contributed by atoms with van der Waals surface area (Å²) >= 11 is 0. The monoisotopic (exact) mass is 407 g/mol. The fourth-order valence-electron chi connectivity index (χ4n) is 3.67. The lowest BCUT2D eigenvalue weighted by Gasteiger charge is -2.26. The molecule has 1 aliphatic carbocycles. The minimum Gasteiger partial charge on any atom is -0.458 e. The highest BCUT2D eigenvalue weighted by molar-refractivity contribution is 5.82. The van der Waals surface area contributed by atoms with Gasteiger partial charge in [-0.05, 0) is 43.0 Å². The highest BCUT2D eigenvalue weighted by Crippen LogP contribution is 2.44. The summed E-state index contributed by atoms with van der Waals surface area (Å²) in [4.78, 5) is 25.1. The standard InChI is InChI=1S/C25H29NO4/c1-6-16(2)22(23(27)30-25(3,4)5)26-24(28)29-15-21-19-13-9-7-11-17(19)18-12-8-10-14-20(18)21/h6-14,16,21-22H,1,15H2,2-5H3,(H,26,28)/t16-,22+/m0/s1. The summed E-state index contributed by atoms with van der Waals surface area (Å²) in [6.45, 7) is 11.1. The highest BCUT2D eigenvalue weighted by Gasteiger charge is 2.32. The van der Waals surface area contributed by atoms with Crippen LogP contribution in [0.1, 0.15) is 44.7 Å². The summed E-state index contributed by atoms with van der Waals surface area (Å²) in [6, 6.07) is 15.4. The van der Waals surface area contributed by atoms with Crippen molar-refractivity contribution in [2.24, 2.45) is 5.92 Å². The zero-order chi connectivity index (χ0) is 21.9. The van der Waals surface area contributed by atoms with Crippen LogP contribution in [0.4, 0.5) is 4.79 Å². The van der Waals surface area contributed by atoms with Gasteiger partial charge in [0.05, 0.1) is 0 Å². The van der Waals surface area contributed by atoms with Crippen molar-refractivity contribution in [3.63, 3.8) is 0 Å². The lowest BCUT2D eigenvalue weighted by Crippen LogP contribution is -2.47. The van der Waals surface area contributed by atoms with Crippen molar-refractivity contribution in [1.82, 2.24) is 5.32 Å². The maximum absolute atomic E-state index is 12.5. The van der Waals surface area contributed by atoms with E-state index in [9.17, 15) is 9.59 Å². The Morgan fingerprint density at radius 2 is 1.60 bits per heavy atom. The molecule has 1 N–H and O–H groups in total. The van der Waals surface area contributed by atoms with Gasteiger partial charge in [0.1, 0.15) is 18.2 Å². The van der Waals surface area contributed by atoms with Crippen molar-refractivity contribution < 1.29 is 19.1 Å². The summed E-state index contributed by atoms with van der Waals surface area (Å²) in [6.07, 6.45) is 0.958. The quantitative estimate of drug-likeness (QED) is 0.537. The van der Waals surface area contributed by atoms with Crippen LogP contribution < -0.4 is 5.32 Å². The van der Waals surface area contributed by atoms with Gasteiger partial charge in [-0.3, -0.25) is 0 Å². The van der Waals surface area contributed by atoms with E-state index >= 15 is 0 Å². The van der Waals surface area contributed by atoms with Gasteiger partial charge in [-0.1, -0.05) is 61.5 Å². The maximum Gasteiger partial charge on any atom is 0.407 e. The van der Waals surface area contributed by atoms with E-state index in [4.69, 9.17) is 9.47 Å². The fraction of sp³-hybridized carbons (Fsp3) is 0.360. The van der Waals surface area contributed by atoms with E-state index in [1.54, 1.807) is 33.8 Å². The van der Waals surface area contributed by atoms with Gasteiger partial charge in [0.15, 0.2) is 0 Å². The van der Waals surface area contributed by atoms with Crippen molar-refractivity contribution in [3.8, 4) is 11.1 Å². The van der Waals surface area contributed by atoms with Gasteiger partial charge >= 0.3 is 12.1 Å². The van der Waals surface area contributed by atoms with Crippen LogP contribution in [0.5, 0.6) is 0 Å². The molecular formula is C25H29NO4. The number of hydrogen-bond donors (Lipinski definition) is 1. The first-order valence-corrected chi connectivity index (χ1v) is 10.2. The molecule has 3 rings (SSSR count). The van der Waals surface area contributed by atoms with E-state index in [1.165, 1.54) is 0 Å². The average molecular weight is 408 g/mol. The normalized spacial score (nSPS) is 14.8. The minimum atomic E-state index is -0.864. The number of ether oxygens (including phenoxy) is 2. The van der Waals surface area contributed by atoms with Crippen LogP contribution in [-0.4, -0.2) is 30.3 Å². The first-order chi connectivity index (χ1) is 14.2. The first kappa shape index (κ1) is 21.6. The number of carbonyl (C=O) groups is 2. The molecule has 30 heavy (non-hydrogen) atoms. The Morgan fingerprint density at radius 3 is 2.10 bits per heavy atom. The number of rotatable bonds is 6. The van der Waals surface area contributed by atoms with E-state index in [1.807, 2.05) is 24.3 Å². The zero-order valence-corrected chi connectivity index (χ0v) is 18.0. The molecule has 1 aliphatic rings. The molecule has 0 bridgehead atoms. The molecule has 0 saturated heterocycles. The van der Waals surface area contributed by atoms with E-state index in [0.29, 0.717) is 0 Å². The average Bonchev–Trinajstić information content (AvgIpc) is 3.02. The molecule has 2 aromatic carbocycles. The number of fused-ring (bicyclic) bond motifs is 3. The largest absolute Gasteiger partial charge is 0.458 e. The third-order valence-electron chi connectivity index (χ3n) is 5.18. The van der Waals surface area contributed by atoms with Gasteiger partial charge < -0.3 is 14.8 Å². The number of benzene rings is 2. The molecule has 1 amide bonds. The molecule has 0 unspecified atom stereocenters. The minimum absolute atomic E-state index is 0.0417. The summed E-state index contributed by atoms with van der Waals surface area (Å²) < 4.78 is 11.0. The van der Waals surface area contributed by atoms with Crippen LogP contribution in [0.15, 0.2) is 61.2 Å². The molecule has 5 nitrogen and oxygen atoms in total. The van der Waals surface area contributed by atoms with Crippen LogP contribution in [0, 0.1) is 5.92 Å². The molecule has 0 aromatic heterocycles. The lowest BCUT2D eigenvalue weighted by molar-refractivity contribution is -0.158. The molecule has 0 saturated carbocycles. The summed E-state index contributed by atoms with van der Waals surface area (Å²) in [7, 11) is 0. The second-order valence-electron chi connectivity index (χ2n) is 8.58. The van der Waals surface area contributed by atoms with Gasteiger partial charge in [-0.15, -0.1) is 6.58 Å². The SMILES string of the molecule is C=C[C@H](C)[C@@H](NC(=O)OCC1c2ccccc2-c2ccccc21)C(=O)OC(C)(C)C. The van der Waals surface area contributed by atoms with Crippen molar-refractivity contribution in [3.05, 3.63) is 72.3 Å². The predicted molar refractivity (Wildman–Crippen MR) is 117 cm³/mol. The Bertz CT molecular complexity index is 899. The van der Waals surface area contributed by atoms with Crippen LogP contribution in [-0.2, 0) is 14.3 Å². The Balaban J connectivity index is 1.70. The second-order valence-corrected chi connectivity index (χ2v) is 8.58. The molecular weight excluding hydrogens is 378 g/mol. The van der Waals surface area contributed by atoms with Crippen molar-refractivity contribution in [2.45, 2.75) is 45.3 Å². The molecule has 5 heteroatoms. The van der Waals surface area contributed by atoms with E-state index in [2.05, 4.69) is 36.2 Å². The van der Waals surface area contributed by atoms with Crippen molar-refractivity contribution >= 4 is 12.1 Å². The predicted octanol–water partition coefficient (Wildman–Crippen LogP) is 5.06. The number of hydrogen-bond acceptors (Lipinski definition) is 4. The topological polar surface area (TPSA) is 64.6 Å². The second kappa shape index (κ2) is 8.74. The van der Waals surface area contributed by atoms with Crippen LogP contribution in [0.25, 0.3) is 11.1 Å². The molecule has 0 spiro atoms. The first-order valence-electron chi connectivity index (χ1n) is 10.2. The summed E-state index contributed by atoms with van der Waals surface area (Å²) in [5.41, 5.74) is 3.94. The molecule has 0 aliphatic heterocycles. The Kier molecular flexibility index (Phi) is 6.30. The van der Waals surface area contributed by atoms with Gasteiger partial charge in [0.25, 0.3) is 0 Å². The maximum atomic E-state index is 12.5. The Hall–Kier alpha value is -3.08. The molecule has 2 aromatic rings. The van der Waals surface area contributed by atoms with Crippen LogP contribution >= 0.6 is 0 Å². The van der Waals surface area contributed by atoms with E-state index in [-0.39, 0.29) is 18.4 Å². The van der Waals surface area contributed by atoms with Crippen molar-refractivity contribution in [2.75, 3.05) is 6.61 Å². The Morgan fingerprint density at radius 1 is 1.07 bits per heavy atom. The molecule has 2 atom stereocenters. The van der Waals surface area contributed by atoms with Gasteiger partial charge in [-0.2, -0.15) is 0 Å². The number of alkyl carbamates (subject to hydrolysis) is 1. The fourth-order valence-corrected chi connectivity index (χ4v) is 3.67. The lowest BCUT2D eigenvalue weighted by atomic mass is 9.98. The van der Waals surface area contributed by atoms with E-state index in [0.717, 1.165) is 22.3 Å². The van der Waals surface area contributed by atoms with E-state index < -0.39 is 23.7 Å². The number of esters is 1. The number of amides is 1. The summed E-state index contributed by atoms with van der Waals surface area (Å²) in [5, 5.41) is 2.66. The number of nitrogens with one attached hydrogen (secondary N) is 1. The third-order valence-corrected chi connectivity index (χ3v) is 5.18. The number of carbonyl (C=O) groups excluding carboxylic acids is 2. The highest BCUT2D eigenvalue weighted by atomic mass is 16.6. The summed E-state index contributed by atoms with van der Waals surface area (Å²) in [5.74, 6) is -0.858. The van der Waals surface area contributed by atoms with Crippen LogP contribution in [0.2, 0.25) is 0 Å². The zero-order valence-electron chi connectivity index (χ0n) is 18.0. The molecule has 158 valence electrons. The Labute approximate surface area is 178 Å². The van der Waals surface area contributed by atoms with Gasteiger partial charge in [-0.25, -0.2) is 9.59 Å². The molecule has 0 fully saturated rings. The molecule has 0 heterocycles. The third kappa shape index (κ3) is 4.73. The van der Waals surface area contributed by atoms with Gasteiger partial charge in [0, 0.05) is 11.8 Å². The van der Waals surface area contributed by atoms with Crippen molar-refractivity contribution in [1.29, 1.82) is 0 Å². The van der Waals surface area contributed by atoms with Crippen LogP contribution in [0.3, 0.4) is 0 Å².